The number of rotatable bonds is 6. The molecule has 0 aliphatic rings. The molecule has 0 atom stereocenters. The zero-order valence-electron chi connectivity index (χ0n) is 14.3. The summed E-state index contributed by atoms with van der Waals surface area (Å²) in [5.41, 5.74) is 3.11. The highest BCUT2D eigenvalue weighted by atomic mass is 16.5. The normalized spacial score (nSPS) is 11.0. The first-order valence-corrected chi connectivity index (χ1v) is 8.19. The third kappa shape index (κ3) is 3.83. The van der Waals surface area contributed by atoms with Gasteiger partial charge < -0.3 is 19.5 Å². The first-order valence-electron chi connectivity index (χ1n) is 8.19. The molecular weight excluding hydrogens is 318 g/mol. The molecule has 0 radical (unpaired) electrons. The van der Waals surface area contributed by atoms with Crippen LogP contribution in [0.1, 0.15) is 36.7 Å². The van der Waals surface area contributed by atoms with E-state index in [0.29, 0.717) is 23.8 Å². The Morgan fingerprint density at radius 3 is 2.52 bits per heavy atom. The second-order valence-corrected chi connectivity index (χ2v) is 6.17. The number of aliphatic hydroxyl groups excluding tert-OH is 1. The van der Waals surface area contributed by atoms with Crippen molar-refractivity contribution in [3.8, 4) is 22.8 Å². The van der Waals surface area contributed by atoms with Gasteiger partial charge in [0.25, 0.3) is 0 Å². The number of benzene rings is 2. The highest BCUT2D eigenvalue weighted by molar-refractivity contribution is 5.70. The number of phenolic OH excluding ortho intramolecular Hbond substituents is 1. The molecule has 0 bridgehead atoms. The van der Waals surface area contributed by atoms with Crippen LogP contribution in [0.25, 0.3) is 11.3 Å². The molecule has 25 heavy (non-hydrogen) atoms. The molecule has 130 valence electrons. The number of hydrogen-bond acceptors (Lipinski definition) is 5. The van der Waals surface area contributed by atoms with Gasteiger partial charge in [0, 0.05) is 17.7 Å². The second kappa shape index (κ2) is 7.40. The molecule has 5 heteroatoms. The van der Waals surface area contributed by atoms with Gasteiger partial charge in [0.05, 0.1) is 0 Å². The van der Waals surface area contributed by atoms with E-state index in [0.717, 1.165) is 16.7 Å². The van der Waals surface area contributed by atoms with Crippen LogP contribution in [0.4, 0.5) is 0 Å². The number of aromatic hydroxyl groups is 1. The lowest BCUT2D eigenvalue weighted by Gasteiger charge is -2.15. The molecule has 0 saturated heterocycles. The molecule has 0 aliphatic carbocycles. The first kappa shape index (κ1) is 17.0. The van der Waals surface area contributed by atoms with Crippen LogP contribution in [0.3, 0.4) is 0 Å². The van der Waals surface area contributed by atoms with Crippen molar-refractivity contribution in [2.45, 2.75) is 33.0 Å². The van der Waals surface area contributed by atoms with Crippen molar-refractivity contribution in [3.63, 3.8) is 0 Å². The van der Waals surface area contributed by atoms with Crippen LogP contribution in [0.15, 0.2) is 53.1 Å². The molecule has 2 N–H and O–H groups in total. The number of ether oxygens (including phenoxy) is 1. The van der Waals surface area contributed by atoms with E-state index >= 15 is 0 Å². The van der Waals surface area contributed by atoms with Gasteiger partial charge >= 0.3 is 0 Å². The lowest BCUT2D eigenvalue weighted by Crippen LogP contribution is -1.99. The van der Waals surface area contributed by atoms with Crippen molar-refractivity contribution in [1.82, 2.24) is 5.16 Å². The average Bonchev–Trinajstić information content (AvgIpc) is 3.09. The van der Waals surface area contributed by atoms with E-state index in [2.05, 4.69) is 5.16 Å². The van der Waals surface area contributed by atoms with Crippen LogP contribution < -0.4 is 4.74 Å². The zero-order valence-corrected chi connectivity index (χ0v) is 14.3. The van der Waals surface area contributed by atoms with E-state index in [1.165, 1.54) is 0 Å². The molecule has 5 nitrogen and oxygen atoms in total. The van der Waals surface area contributed by atoms with Gasteiger partial charge in [-0.05, 0) is 23.1 Å². The molecular formula is C20H21NO4. The topological polar surface area (TPSA) is 75.7 Å². The van der Waals surface area contributed by atoms with Gasteiger partial charge in [-0.3, -0.25) is 0 Å². The summed E-state index contributed by atoms with van der Waals surface area (Å²) in [7, 11) is 0. The number of phenols is 1. The number of aromatic nitrogens is 1. The fourth-order valence-electron chi connectivity index (χ4n) is 2.62. The van der Waals surface area contributed by atoms with Crippen molar-refractivity contribution >= 4 is 0 Å². The minimum atomic E-state index is -0.220. The minimum absolute atomic E-state index is 0.145. The van der Waals surface area contributed by atoms with Gasteiger partial charge in [-0.15, -0.1) is 0 Å². The van der Waals surface area contributed by atoms with Crippen LogP contribution >= 0.6 is 0 Å². The van der Waals surface area contributed by atoms with Crippen LogP contribution in [0.2, 0.25) is 0 Å². The molecule has 3 rings (SSSR count). The summed E-state index contributed by atoms with van der Waals surface area (Å²) in [6.07, 6.45) is 0. The molecule has 0 fully saturated rings. The van der Waals surface area contributed by atoms with Crippen molar-refractivity contribution in [2.24, 2.45) is 0 Å². The molecule has 1 heterocycles. The van der Waals surface area contributed by atoms with E-state index in [1.54, 1.807) is 12.1 Å². The van der Waals surface area contributed by atoms with E-state index in [1.807, 2.05) is 50.2 Å². The van der Waals surface area contributed by atoms with Crippen LogP contribution in [0.5, 0.6) is 11.5 Å². The SMILES string of the molecule is CC(C)c1cc(-c2cc(CO)on2)c(OCc2ccccc2)cc1O. The number of aliphatic hydroxyl groups is 1. The fourth-order valence-corrected chi connectivity index (χ4v) is 2.62. The predicted molar refractivity (Wildman–Crippen MR) is 94.4 cm³/mol. The molecule has 2 aromatic carbocycles. The van der Waals surface area contributed by atoms with Crippen molar-refractivity contribution < 1.29 is 19.5 Å². The fraction of sp³-hybridized carbons (Fsp3) is 0.250. The number of nitrogens with zero attached hydrogens (tertiary/aromatic N) is 1. The van der Waals surface area contributed by atoms with Gasteiger partial charge in [0.2, 0.25) is 0 Å². The Morgan fingerprint density at radius 1 is 1.12 bits per heavy atom. The third-order valence-corrected chi connectivity index (χ3v) is 3.98. The summed E-state index contributed by atoms with van der Waals surface area (Å²) in [5, 5.41) is 23.5. The van der Waals surface area contributed by atoms with Crippen molar-refractivity contribution in [2.75, 3.05) is 0 Å². The molecule has 0 spiro atoms. The summed E-state index contributed by atoms with van der Waals surface area (Å²) in [6.45, 7) is 4.16. The van der Waals surface area contributed by atoms with E-state index in [9.17, 15) is 10.2 Å². The number of hydrogen-bond donors (Lipinski definition) is 2. The van der Waals surface area contributed by atoms with E-state index in [4.69, 9.17) is 9.26 Å². The third-order valence-electron chi connectivity index (χ3n) is 3.98. The Kier molecular flexibility index (Phi) is 5.05. The summed E-state index contributed by atoms with van der Waals surface area (Å²) in [4.78, 5) is 0. The second-order valence-electron chi connectivity index (χ2n) is 6.17. The highest BCUT2D eigenvalue weighted by Gasteiger charge is 2.17. The van der Waals surface area contributed by atoms with Gasteiger partial charge in [0.1, 0.15) is 30.4 Å². The Balaban J connectivity index is 1.98. The lowest BCUT2D eigenvalue weighted by molar-refractivity contribution is 0.229. The van der Waals surface area contributed by atoms with Gasteiger partial charge in [-0.2, -0.15) is 0 Å². The standard InChI is InChI=1S/C20H21NO4/c1-13(2)16-9-17(18-8-15(11-22)25-21-18)20(10-19(16)23)24-12-14-6-4-3-5-7-14/h3-10,13,22-23H,11-12H2,1-2H3. The molecule has 3 aromatic rings. The maximum atomic E-state index is 10.3. The van der Waals surface area contributed by atoms with Crippen LogP contribution in [-0.2, 0) is 13.2 Å². The molecule has 1 aromatic heterocycles. The largest absolute Gasteiger partial charge is 0.508 e. The van der Waals surface area contributed by atoms with Crippen LogP contribution in [0, 0.1) is 0 Å². The summed E-state index contributed by atoms with van der Waals surface area (Å²) < 4.78 is 11.0. The Labute approximate surface area is 146 Å². The smallest absolute Gasteiger partial charge is 0.162 e. The Hall–Kier alpha value is -2.79. The van der Waals surface area contributed by atoms with E-state index in [-0.39, 0.29) is 18.3 Å². The van der Waals surface area contributed by atoms with Crippen molar-refractivity contribution in [1.29, 1.82) is 0 Å². The highest BCUT2D eigenvalue weighted by Crippen LogP contribution is 2.38. The molecule has 0 amide bonds. The quantitative estimate of drug-likeness (QED) is 0.702. The monoisotopic (exact) mass is 339 g/mol. The van der Waals surface area contributed by atoms with Crippen LogP contribution in [-0.4, -0.2) is 15.4 Å². The Morgan fingerprint density at radius 2 is 1.88 bits per heavy atom. The maximum absolute atomic E-state index is 10.3. The van der Waals surface area contributed by atoms with Crippen molar-refractivity contribution in [3.05, 3.63) is 65.4 Å². The lowest BCUT2D eigenvalue weighted by atomic mass is 9.97. The summed E-state index contributed by atoms with van der Waals surface area (Å²) in [5.74, 6) is 1.23. The molecule has 0 unspecified atom stereocenters. The van der Waals surface area contributed by atoms with Gasteiger partial charge in [-0.25, -0.2) is 0 Å². The average molecular weight is 339 g/mol. The summed E-state index contributed by atoms with van der Waals surface area (Å²) in [6, 6.07) is 14.9. The van der Waals surface area contributed by atoms with E-state index < -0.39 is 0 Å². The Bertz CT molecular complexity index is 840. The first-order chi connectivity index (χ1) is 12.1. The van der Waals surface area contributed by atoms with Gasteiger partial charge in [0.15, 0.2) is 5.76 Å². The predicted octanol–water partition coefficient (Wildman–Crippen LogP) is 4.24. The maximum Gasteiger partial charge on any atom is 0.162 e. The molecule has 0 aliphatic heterocycles. The minimum Gasteiger partial charge on any atom is -0.508 e. The molecule has 0 saturated carbocycles. The zero-order chi connectivity index (χ0) is 17.8. The van der Waals surface area contributed by atoms with Gasteiger partial charge in [-0.1, -0.05) is 49.3 Å². The summed E-state index contributed by atoms with van der Waals surface area (Å²) >= 11 is 0.